The molecule has 0 bridgehead atoms. The van der Waals surface area contributed by atoms with Crippen LogP contribution in [0.15, 0.2) is 18.2 Å². The second-order valence-electron chi connectivity index (χ2n) is 3.29. The third-order valence-electron chi connectivity index (χ3n) is 2.14. The maximum atomic E-state index is 12.7. The molecule has 4 nitrogen and oxygen atoms in total. The summed E-state index contributed by atoms with van der Waals surface area (Å²) < 4.78 is 12.7. The number of carbonyl (C=O) groups excluding carboxylic acids is 1. The topological polar surface area (TPSA) is 83.6 Å². The van der Waals surface area contributed by atoms with Crippen LogP contribution in [-0.2, 0) is 4.79 Å². The van der Waals surface area contributed by atoms with Crippen molar-refractivity contribution in [3.63, 3.8) is 0 Å². The molecule has 1 rings (SSSR count). The van der Waals surface area contributed by atoms with Crippen molar-refractivity contribution in [3.8, 4) is 0 Å². The number of aliphatic hydroxyl groups is 2. The van der Waals surface area contributed by atoms with E-state index < -0.39 is 23.9 Å². The Bertz CT molecular complexity index is 381. The highest BCUT2D eigenvalue weighted by Gasteiger charge is 2.24. The Morgan fingerprint density at radius 3 is 2.53 bits per heavy atom. The van der Waals surface area contributed by atoms with Gasteiger partial charge >= 0.3 is 0 Å². The second kappa shape index (κ2) is 4.37. The number of rotatable bonds is 3. The summed E-state index contributed by atoms with van der Waals surface area (Å²) in [5, 5.41) is 18.8. The summed E-state index contributed by atoms with van der Waals surface area (Å²) in [7, 11) is 0. The van der Waals surface area contributed by atoms with Gasteiger partial charge in [0, 0.05) is 0 Å². The van der Waals surface area contributed by atoms with Gasteiger partial charge in [0.05, 0.1) is 0 Å². The van der Waals surface area contributed by atoms with E-state index in [9.17, 15) is 19.4 Å². The summed E-state index contributed by atoms with van der Waals surface area (Å²) in [4.78, 5) is 10.6. The summed E-state index contributed by atoms with van der Waals surface area (Å²) in [5.74, 6) is -1.47. The molecule has 1 aromatic carbocycles. The first kappa shape index (κ1) is 11.6. The Balaban J connectivity index is 3.01. The molecule has 0 aliphatic rings. The van der Waals surface area contributed by atoms with Crippen LogP contribution in [0, 0.1) is 12.7 Å². The van der Waals surface area contributed by atoms with Gasteiger partial charge in [-0.15, -0.1) is 0 Å². The van der Waals surface area contributed by atoms with Crippen LogP contribution in [0.25, 0.3) is 0 Å². The van der Waals surface area contributed by atoms with E-state index in [0.717, 1.165) is 6.07 Å². The molecule has 0 heterocycles. The molecule has 15 heavy (non-hydrogen) atoms. The Kier molecular flexibility index (Phi) is 3.39. The van der Waals surface area contributed by atoms with Crippen molar-refractivity contribution in [2.24, 2.45) is 5.73 Å². The maximum Gasteiger partial charge on any atom is 0.249 e. The summed E-state index contributed by atoms with van der Waals surface area (Å²) >= 11 is 0. The van der Waals surface area contributed by atoms with Crippen LogP contribution < -0.4 is 5.73 Å². The van der Waals surface area contributed by atoms with Crippen molar-refractivity contribution in [1.82, 2.24) is 0 Å². The average molecular weight is 213 g/mol. The molecule has 0 spiro atoms. The van der Waals surface area contributed by atoms with Gasteiger partial charge in [-0.05, 0) is 30.2 Å². The molecule has 2 atom stereocenters. The van der Waals surface area contributed by atoms with Crippen molar-refractivity contribution in [2.75, 3.05) is 0 Å². The Morgan fingerprint density at radius 2 is 2.07 bits per heavy atom. The number of carbonyl (C=O) groups is 1. The predicted molar refractivity (Wildman–Crippen MR) is 51.3 cm³/mol. The summed E-state index contributed by atoms with van der Waals surface area (Å²) in [6.45, 7) is 1.56. The van der Waals surface area contributed by atoms with Crippen LogP contribution >= 0.6 is 0 Å². The summed E-state index contributed by atoms with van der Waals surface area (Å²) in [6.07, 6.45) is -3.11. The quantitative estimate of drug-likeness (QED) is 0.661. The molecule has 5 heteroatoms. The number of primary amides is 1. The number of halogens is 1. The number of hydrogen-bond donors (Lipinski definition) is 3. The van der Waals surface area contributed by atoms with Gasteiger partial charge in [0.2, 0.25) is 5.91 Å². The molecular weight excluding hydrogens is 201 g/mol. The Labute approximate surface area is 86.1 Å². The number of hydrogen-bond acceptors (Lipinski definition) is 3. The number of nitrogens with two attached hydrogens (primary N) is 1. The Hall–Kier alpha value is -1.46. The van der Waals surface area contributed by atoms with Crippen LogP contribution in [0.4, 0.5) is 4.39 Å². The fourth-order valence-electron chi connectivity index (χ4n) is 1.30. The van der Waals surface area contributed by atoms with E-state index in [0.29, 0.717) is 5.56 Å². The van der Waals surface area contributed by atoms with Gasteiger partial charge < -0.3 is 15.9 Å². The number of aryl methyl sites for hydroxylation is 1. The lowest BCUT2D eigenvalue weighted by Crippen LogP contribution is -2.34. The van der Waals surface area contributed by atoms with Gasteiger partial charge in [0.25, 0.3) is 0 Å². The maximum absolute atomic E-state index is 12.7. The van der Waals surface area contributed by atoms with Gasteiger partial charge in [-0.3, -0.25) is 4.79 Å². The van der Waals surface area contributed by atoms with Crippen molar-refractivity contribution in [3.05, 3.63) is 35.1 Å². The standard InChI is InChI=1S/C10H12FNO3/c1-5-4-6(11)2-3-7(5)8(13)9(14)10(12)15/h2-4,8-9,13-14H,1H3,(H2,12,15). The lowest BCUT2D eigenvalue weighted by atomic mass is 9.99. The lowest BCUT2D eigenvalue weighted by Gasteiger charge is -2.17. The van der Waals surface area contributed by atoms with E-state index in [4.69, 9.17) is 5.73 Å². The SMILES string of the molecule is Cc1cc(F)ccc1C(O)C(O)C(N)=O. The van der Waals surface area contributed by atoms with Crippen LogP contribution in [0.1, 0.15) is 17.2 Å². The molecule has 0 radical (unpaired) electrons. The van der Waals surface area contributed by atoms with Gasteiger partial charge in [0.1, 0.15) is 11.9 Å². The van der Waals surface area contributed by atoms with E-state index in [-0.39, 0.29) is 5.56 Å². The number of amides is 1. The molecule has 0 saturated carbocycles. The Morgan fingerprint density at radius 1 is 1.47 bits per heavy atom. The zero-order valence-electron chi connectivity index (χ0n) is 8.14. The molecule has 1 aromatic rings. The molecule has 4 N–H and O–H groups in total. The first-order valence-electron chi connectivity index (χ1n) is 4.35. The molecule has 0 aliphatic carbocycles. The van der Waals surface area contributed by atoms with Crippen molar-refractivity contribution >= 4 is 5.91 Å². The average Bonchev–Trinajstić information content (AvgIpc) is 2.15. The van der Waals surface area contributed by atoms with Crippen molar-refractivity contribution in [1.29, 1.82) is 0 Å². The summed E-state index contributed by atoms with van der Waals surface area (Å²) in [6, 6.07) is 3.65. The minimum absolute atomic E-state index is 0.280. The number of aliphatic hydroxyl groups excluding tert-OH is 2. The molecule has 0 aliphatic heterocycles. The first-order chi connectivity index (χ1) is 6.93. The highest BCUT2D eigenvalue weighted by Crippen LogP contribution is 2.21. The van der Waals surface area contributed by atoms with Crippen molar-refractivity contribution in [2.45, 2.75) is 19.1 Å². The van der Waals surface area contributed by atoms with E-state index in [2.05, 4.69) is 0 Å². The molecular formula is C10H12FNO3. The predicted octanol–water partition coefficient (Wildman–Crippen LogP) is 0.0137. The fourth-order valence-corrected chi connectivity index (χ4v) is 1.30. The molecule has 82 valence electrons. The van der Waals surface area contributed by atoms with Crippen LogP contribution in [0.2, 0.25) is 0 Å². The van der Waals surface area contributed by atoms with Crippen molar-refractivity contribution < 1.29 is 19.4 Å². The second-order valence-corrected chi connectivity index (χ2v) is 3.29. The molecule has 0 aromatic heterocycles. The van der Waals surface area contributed by atoms with E-state index in [1.165, 1.54) is 12.1 Å². The zero-order valence-corrected chi connectivity index (χ0v) is 8.14. The molecule has 1 amide bonds. The largest absolute Gasteiger partial charge is 0.385 e. The summed E-state index contributed by atoms with van der Waals surface area (Å²) in [5.41, 5.74) is 5.56. The van der Waals surface area contributed by atoms with E-state index in [1.807, 2.05) is 0 Å². The zero-order chi connectivity index (χ0) is 11.6. The van der Waals surface area contributed by atoms with Crippen LogP contribution in [0.3, 0.4) is 0 Å². The molecule has 0 fully saturated rings. The number of benzene rings is 1. The van der Waals surface area contributed by atoms with E-state index in [1.54, 1.807) is 6.92 Å². The van der Waals surface area contributed by atoms with Gasteiger partial charge in [-0.2, -0.15) is 0 Å². The first-order valence-corrected chi connectivity index (χ1v) is 4.35. The minimum Gasteiger partial charge on any atom is -0.385 e. The van der Waals surface area contributed by atoms with Gasteiger partial charge in [-0.25, -0.2) is 4.39 Å². The fraction of sp³-hybridized carbons (Fsp3) is 0.300. The highest BCUT2D eigenvalue weighted by molar-refractivity contribution is 5.79. The third kappa shape index (κ3) is 2.51. The third-order valence-corrected chi connectivity index (χ3v) is 2.14. The van der Waals surface area contributed by atoms with Crippen LogP contribution in [0.5, 0.6) is 0 Å². The van der Waals surface area contributed by atoms with Crippen LogP contribution in [-0.4, -0.2) is 22.2 Å². The highest BCUT2D eigenvalue weighted by atomic mass is 19.1. The van der Waals surface area contributed by atoms with E-state index >= 15 is 0 Å². The molecule has 0 saturated heterocycles. The van der Waals surface area contributed by atoms with Gasteiger partial charge in [-0.1, -0.05) is 6.07 Å². The lowest BCUT2D eigenvalue weighted by molar-refractivity contribution is -0.131. The monoisotopic (exact) mass is 213 g/mol. The normalized spacial score (nSPS) is 14.7. The van der Waals surface area contributed by atoms with Gasteiger partial charge in [0.15, 0.2) is 6.10 Å². The minimum atomic E-state index is -1.69. The smallest absolute Gasteiger partial charge is 0.249 e. The molecule has 2 unspecified atom stereocenters.